The van der Waals surface area contributed by atoms with Crippen molar-refractivity contribution in [1.29, 1.82) is 0 Å². The largest absolute Gasteiger partial charge is 0.349 e. The van der Waals surface area contributed by atoms with Crippen molar-refractivity contribution in [3.05, 3.63) is 58.9 Å². The number of nitrogens with one attached hydrogen (secondary N) is 2. The average Bonchev–Trinajstić information content (AvgIpc) is 3.37. The first-order valence-corrected chi connectivity index (χ1v) is 11.8. The second kappa shape index (κ2) is 8.24. The minimum atomic E-state index is -3.66. The highest BCUT2D eigenvalue weighted by atomic mass is 32.2. The maximum Gasteiger partial charge on any atom is 0.240 e. The third-order valence-corrected chi connectivity index (χ3v) is 7.34. The number of benzene rings is 1. The average molecular weight is 414 g/mol. The molecular weight excluding hydrogens is 386 g/mol. The molecule has 2 aromatic rings. The molecule has 1 amide bonds. The van der Waals surface area contributed by atoms with Crippen molar-refractivity contribution in [3.8, 4) is 0 Å². The van der Waals surface area contributed by atoms with E-state index in [1.165, 1.54) is 0 Å². The van der Waals surface area contributed by atoms with Crippen molar-refractivity contribution in [3.63, 3.8) is 0 Å². The summed E-state index contributed by atoms with van der Waals surface area (Å²) in [4.78, 5) is 17.1. The topological polar surface area (TPSA) is 88.2 Å². The molecule has 2 aliphatic rings. The first-order chi connectivity index (χ1) is 13.9. The van der Waals surface area contributed by atoms with Crippen LogP contribution in [-0.2, 0) is 27.8 Å². The number of amides is 1. The normalized spacial score (nSPS) is 19.3. The summed E-state index contributed by atoms with van der Waals surface area (Å²) in [6.45, 7) is 2.02. The molecule has 7 heteroatoms. The van der Waals surface area contributed by atoms with E-state index in [4.69, 9.17) is 0 Å². The van der Waals surface area contributed by atoms with Crippen LogP contribution in [-0.4, -0.2) is 19.3 Å². The van der Waals surface area contributed by atoms with E-state index in [9.17, 15) is 13.2 Å². The quantitative estimate of drug-likeness (QED) is 0.761. The van der Waals surface area contributed by atoms with Gasteiger partial charge in [0.1, 0.15) is 0 Å². The highest BCUT2D eigenvalue weighted by molar-refractivity contribution is 7.89. The van der Waals surface area contributed by atoms with Crippen molar-refractivity contribution >= 4 is 15.9 Å². The van der Waals surface area contributed by atoms with Gasteiger partial charge in [-0.15, -0.1) is 0 Å². The molecule has 4 rings (SSSR count). The Kier molecular flexibility index (Phi) is 5.69. The summed E-state index contributed by atoms with van der Waals surface area (Å²) in [5.41, 5.74) is 3.56. The number of aromatic nitrogens is 1. The van der Waals surface area contributed by atoms with Gasteiger partial charge in [-0.25, -0.2) is 13.1 Å². The molecule has 1 heterocycles. The summed E-state index contributed by atoms with van der Waals surface area (Å²) in [6, 6.07) is 10.7. The maximum absolute atomic E-state index is 12.8. The molecule has 0 unspecified atom stereocenters. The SMILES string of the molecule is Cc1cccc(CNS(=O)(=O)c2ccc3c(c2)[C@H](NC(=O)C2CCCC2)CC3)n1. The van der Waals surface area contributed by atoms with E-state index in [2.05, 4.69) is 15.0 Å². The van der Waals surface area contributed by atoms with E-state index >= 15 is 0 Å². The van der Waals surface area contributed by atoms with Crippen molar-refractivity contribution in [2.75, 3.05) is 0 Å². The Hall–Kier alpha value is -2.25. The van der Waals surface area contributed by atoms with Crippen molar-refractivity contribution < 1.29 is 13.2 Å². The Balaban J connectivity index is 1.48. The molecule has 6 nitrogen and oxygen atoms in total. The van der Waals surface area contributed by atoms with E-state index in [0.717, 1.165) is 55.3 Å². The predicted molar refractivity (Wildman–Crippen MR) is 111 cm³/mol. The minimum absolute atomic E-state index is 0.105. The number of aryl methyl sites for hydroxylation is 2. The molecule has 1 fully saturated rings. The van der Waals surface area contributed by atoms with Gasteiger partial charge in [0, 0.05) is 11.6 Å². The molecule has 0 radical (unpaired) electrons. The Bertz CT molecular complexity index is 1010. The van der Waals surface area contributed by atoms with Crippen LogP contribution < -0.4 is 10.0 Å². The highest BCUT2D eigenvalue weighted by Gasteiger charge is 2.29. The van der Waals surface area contributed by atoms with Crippen molar-refractivity contribution in [2.24, 2.45) is 5.92 Å². The Morgan fingerprint density at radius 3 is 2.69 bits per heavy atom. The molecule has 0 bridgehead atoms. The lowest BCUT2D eigenvalue weighted by molar-refractivity contribution is -0.125. The molecule has 0 aliphatic heterocycles. The second-order valence-electron chi connectivity index (χ2n) is 8.04. The summed E-state index contributed by atoms with van der Waals surface area (Å²) in [5.74, 6) is 0.215. The van der Waals surface area contributed by atoms with Gasteiger partial charge in [-0.3, -0.25) is 9.78 Å². The zero-order valence-corrected chi connectivity index (χ0v) is 17.5. The molecule has 2 aliphatic carbocycles. The Morgan fingerprint density at radius 2 is 1.93 bits per heavy atom. The van der Waals surface area contributed by atoms with Gasteiger partial charge in [-0.05, 0) is 68.0 Å². The predicted octanol–water partition coefficient (Wildman–Crippen LogP) is 3.16. The van der Waals surface area contributed by atoms with Crippen LogP contribution in [0, 0.1) is 12.8 Å². The number of hydrogen-bond acceptors (Lipinski definition) is 4. The van der Waals surface area contributed by atoms with Gasteiger partial charge in [-0.2, -0.15) is 0 Å². The summed E-state index contributed by atoms with van der Waals surface area (Å²) < 4.78 is 28.2. The van der Waals surface area contributed by atoms with Crippen LogP contribution in [0.1, 0.15) is 60.7 Å². The van der Waals surface area contributed by atoms with Crippen LogP contribution in [0.3, 0.4) is 0 Å². The number of carbonyl (C=O) groups is 1. The van der Waals surface area contributed by atoms with E-state index < -0.39 is 10.0 Å². The Morgan fingerprint density at radius 1 is 1.14 bits per heavy atom. The molecule has 1 aromatic carbocycles. The molecule has 0 spiro atoms. The highest BCUT2D eigenvalue weighted by Crippen LogP contribution is 2.34. The summed E-state index contributed by atoms with van der Waals surface area (Å²) >= 11 is 0. The van der Waals surface area contributed by atoms with Gasteiger partial charge in [0.05, 0.1) is 23.2 Å². The van der Waals surface area contributed by atoms with Crippen LogP contribution >= 0.6 is 0 Å². The van der Waals surface area contributed by atoms with Crippen LogP contribution in [0.25, 0.3) is 0 Å². The van der Waals surface area contributed by atoms with Gasteiger partial charge in [-0.1, -0.05) is 25.0 Å². The number of pyridine rings is 1. The van der Waals surface area contributed by atoms with Crippen LogP contribution in [0.4, 0.5) is 0 Å². The molecule has 2 N–H and O–H groups in total. The lowest BCUT2D eigenvalue weighted by atomic mass is 10.0. The van der Waals surface area contributed by atoms with Gasteiger partial charge in [0.25, 0.3) is 0 Å². The van der Waals surface area contributed by atoms with Gasteiger partial charge in [0.2, 0.25) is 15.9 Å². The fourth-order valence-electron chi connectivity index (χ4n) is 4.33. The summed E-state index contributed by atoms with van der Waals surface area (Å²) in [7, 11) is -3.66. The lowest BCUT2D eigenvalue weighted by Crippen LogP contribution is -2.32. The molecule has 154 valence electrons. The molecule has 29 heavy (non-hydrogen) atoms. The van der Waals surface area contributed by atoms with Gasteiger partial charge < -0.3 is 5.32 Å². The number of hydrogen-bond donors (Lipinski definition) is 2. The molecular formula is C22H27N3O3S. The van der Waals surface area contributed by atoms with Crippen LogP contribution in [0.5, 0.6) is 0 Å². The van der Waals surface area contributed by atoms with E-state index in [1.54, 1.807) is 18.2 Å². The first-order valence-electron chi connectivity index (χ1n) is 10.3. The molecule has 0 saturated heterocycles. The third kappa shape index (κ3) is 4.51. The Labute approximate surface area is 172 Å². The first kappa shape index (κ1) is 20.0. The second-order valence-corrected chi connectivity index (χ2v) is 9.80. The standard InChI is InChI=1S/C22H27N3O3S/c1-15-5-4-8-18(24-15)14-23-29(27,28)19-11-9-16-10-12-21(20(16)13-19)25-22(26)17-6-2-3-7-17/h4-5,8-9,11,13,17,21,23H,2-3,6-7,10,12,14H2,1H3,(H,25,26)/t21-/m1/s1. The van der Waals surface area contributed by atoms with Crippen LogP contribution in [0.2, 0.25) is 0 Å². The maximum atomic E-state index is 12.8. The van der Waals surface area contributed by atoms with Crippen molar-refractivity contribution in [2.45, 2.75) is 62.9 Å². The summed E-state index contributed by atoms with van der Waals surface area (Å²) in [6.07, 6.45) is 5.81. The number of fused-ring (bicyclic) bond motifs is 1. The number of sulfonamides is 1. The minimum Gasteiger partial charge on any atom is -0.349 e. The van der Waals surface area contributed by atoms with E-state index in [1.807, 2.05) is 25.1 Å². The molecule has 1 saturated carbocycles. The summed E-state index contributed by atoms with van der Waals surface area (Å²) in [5, 5.41) is 3.16. The zero-order valence-electron chi connectivity index (χ0n) is 16.6. The third-order valence-electron chi connectivity index (χ3n) is 5.94. The monoisotopic (exact) mass is 413 g/mol. The van der Waals surface area contributed by atoms with Gasteiger partial charge in [0.15, 0.2) is 0 Å². The van der Waals surface area contributed by atoms with Crippen molar-refractivity contribution in [1.82, 2.24) is 15.0 Å². The zero-order chi connectivity index (χ0) is 20.4. The molecule has 1 atom stereocenters. The lowest BCUT2D eigenvalue weighted by Gasteiger charge is -2.18. The van der Waals surface area contributed by atoms with E-state index in [0.29, 0.717) is 5.69 Å². The van der Waals surface area contributed by atoms with E-state index in [-0.39, 0.29) is 29.3 Å². The van der Waals surface area contributed by atoms with Crippen LogP contribution in [0.15, 0.2) is 41.3 Å². The number of carbonyl (C=O) groups excluding carboxylic acids is 1. The fourth-order valence-corrected chi connectivity index (χ4v) is 5.36. The molecule has 1 aromatic heterocycles. The van der Waals surface area contributed by atoms with Gasteiger partial charge >= 0.3 is 0 Å². The number of nitrogens with zero attached hydrogens (tertiary/aromatic N) is 1. The number of rotatable bonds is 6. The smallest absolute Gasteiger partial charge is 0.240 e. The fraction of sp³-hybridized carbons (Fsp3) is 0.455.